The highest BCUT2D eigenvalue weighted by molar-refractivity contribution is 7.92. The summed E-state index contributed by atoms with van der Waals surface area (Å²) in [6, 6.07) is 1.95. The quantitative estimate of drug-likeness (QED) is 0.772. The van der Waals surface area contributed by atoms with E-state index in [4.69, 9.17) is 0 Å². The second kappa shape index (κ2) is 3.48. The van der Waals surface area contributed by atoms with Gasteiger partial charge in [0.15, 0.2) is 0 Å². The summed E-state index contributed by atoms with van der Waals surface area (Å²) in [4.78, 5) is 0. The van der Waals surface area contributed by atoms with Crippen molar-refractivity contribution in [2.45, 2.75) is 45.8 Å². The Morgan fingerprint density at radius 2 is 1.82 bits per heavy atom. The van der Waals surface area contributed by atoms with Crippen molar-refractivity contribution in [3.63, 3.8) is 0 Å². The maximum absolute atomic E-state index is 11.6. The molecule has 2 rings (SSSR count). The Morgan fingerprint density at radius 3 is 2.35 bits per heavy atom. The number of fused-ring (bicyclic) bond motifs is 1. The molecule has 1 aromatic carbocycles. The number of anilines is 1. The van der Waals surface area contributed by atoms with Crippen molar-refractivity contribution < 1.29 is 8.42 Å². The van der Waals surface area contributed by atoms with Gasteiger partial charge in [-0.05, 0) is 47.6 Å². The fourth-order valence-electron chi connectivity index (χ4n) is 2.85. The normalized spacial score (nSPS) is 17.7. The van der Waals surface area contributed by atoms with Crippen LogP contribution in [0.2, 0.25) is 0 Å². The molecule has 0 aliphatic carbocycles. The van der Waals surface area contributed by atoms with Crippen molar-refractivity contribution in [1.29, 1.82) is 0 Å². The number of hydrogen-bond acceptors (Lipinski definition) is 2. The van der Waals surface area contributed by atoms with Gasteiger partial charge in [-0.15, -0.1) is 0 Å². The Labute approximate surface area is 103 Å². The van der Waals surface area contributed by atoms with Gasteiger partial charge in [0.1, 0.15) is 0 Å². The van der Waals surface area contributed by atoms with Crippen LogP contribution >= 0.6 is 0 Å². The van der Waals surface area contributed by atoms with E-state index in [-0.39, 0.29) is 11.2 Å². The van der Waals surface area contributed by atoms with Crippen molar-refractivity contribution in [2.75, 3.05) is 4.72 Å². The van der Waals surface area contributed by atoms with E-state index in [0.29, 0.717) is 0 Å². The minimum atomic E-state index is -3.16. The molecule has 0 bridgehead atoms. The first-order valence-corrected chi connectivity index (χ1v) is 7.41. The van der Waals surface area contributed by atoms with Gasteiger partial charge in [0, 0.05) is 0 Å². The molecule has 0 radical (unpaired) electrons. The largest absolute Gasteiger partial charge is 0.283 e. The van der Waals surface area contributed by atoms with Crippen molar-refractivity contribution in [1.82, 2.24) is 0 Å². The molecule has 94 valence electrons. The molecule has 0 saturated carbocycles. The zero-order valence-electron chi connectivity index (χ0n) is 11.0. The lowest BCUT2D eigenvalue weighted by molar-refractivity contribution is 0.581. The molecule has 0 saturated heterocycles. The van der Waals surface area contributed by atoms with Gasteiger partial charge in [-0.2, -0.15) is 0 Å². The zero-order chi connectivity index (χ0) is 13.0. The minimum Gasteiger partial charge on any atom is -0.283 e. The number of rotatable bonds is 0. The summed E-state index contributed by atoms with van der Waals surface area (Å²) >= 11 is 0. The summed E-state index contributed by atoms with van der Waals surface area (Å²) in [7, 11) is -3.16. The molecule has 0 unspecified atom stereocenters. The molecule has 0 spiro atoms. The first-order chi connectivity index (χ1) is 7.62. The topological polar surface area (TPSA) is 46.2 Å². The van der Waals surface area contributed by atoms with Crippen molar-refractivity contribution in [2.24, 2.45) is 0 Å². The third kappa shape index (κ3) is 2.06. The molecule has 4 heteroatoms. The second-order valence-corrected chi connectivity index (χ2v) is 7.55. The highest BCUT2D eigenvalue weighted by Gasteiger charge is 2.29. The van der Waals surface area contributed by atoms with Gasteiger partial charge in [-0.3, -0.25) is 4.72 Å². The maximum atomic E-state index is 11.6. The highest BCUT2D eigenvalue weighted by atomic mass is 32.2. The first kappa shape index (κ1) is 12.4. The Kier molecular flexibility index (Phi) is 2.54. The van der Waals surface area contributed by atoms with Crippen molar-refractivity contribution >= 4 is 15.7 Å². The number of sulfonamides is 1. The Hall–Kier alpha value is -1.03. The fourth-order valence-corrected chi connectivity index (χ4v) is 4.19. The minimum absolute atomic E-state index is 0.0373. The summed E-state index contributed by atoms with van der Waals surface area (Å²) in [5.74, 6) is 0.109. The molecular weight excluding hydrogens is 234 g/mol. The average Bonchev–Trinajstić information content (AvgIpc) is 2.37. The smallest absolute Gasteiger partial charge is 0.237 e. The number of nitrogens with one attached hydrogen (secondary N) is 1. The molecule has 1 heterocycles. The van der Waals surface area contributed by atoms with E-state index in [9.17, 15) is 8.42 Å². The van der Waals surface area contributed by atoms with Crippen molar-refractivity contribution in [3.8, 4) is 0 Å². The van der Waals surface area contributed by atoms with E-state index >= 15 is 0 Å². The number of aryl methyl sites for hydroxylation is 1. The van der Waals surface area contributed by atoms with Crippen molar-refractivity contribution in [3.05, 3.63) is 28.3 Å². The molecule has 0 atom stereocenters. The Morgan fingerprint density at radius 1 is 1.24 bits per heavy atom. The molecule has 1 aliphatic rings. The van der Waals surface area contributed by atoms with Gasteiger partial charge in [-0.25, -0.2) is 8.42 Å². The summed E-state index contributed by atoms with van der Waals surface area (Å²) in [5, 5.41) is 0. The lowest BCUT2D eigenvalue weighted by Gasteiger charge is -2.25. The molecule has 0 amide bonds. The van der Waals surface area contributed by atoms with Gasteiger partial charge in [0.2, 0.25) is 10.0 Å². The Balaban J connectivity index is 2.71. The molecule has 17 heavy (non-hydrogen) atoms. The molecule has 0 fully saturated rings. The van der Waals surface area contributed by atoms with Crippen LogP contribution in [0.3, 0.4) is 0 Å². The van der Waals surface area contributed by atoms with Crippen LogP contribution in [0.4, 0.5) is 5.69 Å². The van der Waals surface area contributed by atoms with E-state index in [1.807, 2.05) is 19.9 Å². The SMILES string of the molecule is Cc1cc2c(c(C)c1C(C)(C)C)CS(=O)(=O)N2. The van der Waals surface area contributed by atoms with E-state index in [1.165, 1.54) is 5.56 Å². The molecular formula is C13H19NO2S. The van der Waals surface area contributed by atoms with Crippen LogP contribution < -0.4 is 4.72 Å². The summed E-state index contributed by atoms with van der Waals surface area (Å²) in [6.07, 6.45) is 0. The highest BCUT2D eigenvalue weighted by Crippen LogP contribution is 2.38. The standard InChI is InChI=1S/C13H19NO2S/c1-8-6-11-10(7-17(15,16)14-11)9(2)12(8)13(3,4)5/h6,14H,7H2,1-5H3. The van der Waals surface area contributed by atoms with Crippen LogP contribution in [0.5, 0.6) is 0 Å². The van der Waals surface area contributed by atoms with Crippen LogP contribution in [0.25, 0.3) is 0 Å². The molecule has 3 nitrogen and oxygen atoms in total. The van der Waals surface area contributed by atoms with Crippen LogP contribution in [0.15, 0.2) is 6.07 Å². The summed E-state index contributed by atoms with van der Waals surface area (Å²) in [5.41, 5.74) is 5.25. The van der Waals surface area contributed by atoms with E-state index in [2.05, 4.69) is 25.5 Å². The van der Waals surface area contributed by atoms with Crippen LogP contribution in [0, 0.1) is 13.8 Å². The van der Waals surface area contributed by atoms with Gasteiger partial charge >= 0.3 is 0 Å². The number of benzene rings is 1. The summed E-state index contributed by atoms with van der Waals surface area (Å²) < 4.78 is 25.8. The summed E-state index contributed by atoms with van der Waals surface area (Å²) in [6.45, 7) is 10.5. The number of hydrogen-bond donors (Lipinski definition) is 1. The second-order valence-electron chi connectivity index (χ2n) is 5.83. The first-order valence-electron chi connectivity index (χ1n) is 5.76. The Bertz CT molecular complexity index is 580. The van der Waals surface area contributed by atoms with Gasteiger partial charge in [0.05, 0.1) is 11.4 Å². The third-order valence-corrected chi connectivity index (χ3v) is 4.46. The lowest BCUT2D eigenvalue weighted by Crippen LogP contribution is -2.16. The van der Waals surface area contributed by atoms with Gasteiger partial charge in [-0.1, -0.05) is 20.8 Å². The lowest BCUT2D eigenvalue weighted by atomic mass is 9.79. The molecule has 0 aromatic heterocycles. The maximum Gasteiger partial charge on any atom is 0.237 e. The fraction of sp³-hybridized carbons (Fsp3) is 0.538. The average molecular weight is 253 g/mol. The predicted octanol–water partition coefficient (Wildman–Crippen LogP) is 2.86. The predicted molar refractivity (Wildman–Crippen MR) is 70.9 cm³/mol. The molecule has 1 aromatic rings. The van der Waals surface area contributed by atoms with E-state index < -0.39 is 10.0 Å². The van der Waals surface area contributed by atoms with Crippen LogP contribution in [-0.2, 0) is 21.2 Å². The van der Waals surface area contributed by atoms with Gasteiger partial charge < -0.3 is 0 Å². The van der Waals surface area contributed by atoms with E-state index in [0.717, 1.165) is 22.4 Å². The third-order valence-electron chi connectivity index (χ3n) is 3.26. The van der Waals surface area contributed by atoms with Gasteiger partial charge in [0.25, 0.3) is 0 Å². The molecule has 1 aliphatic heterocycles. The monoisotopic (exact) mass is 253 g/mol. The zero-order valence-corrected chi connectivity index (χ0v) is 11.8. The van der Waals surface area contributed by atoms with Crippen LogP contribution in [-0.4, -0.2) is 8.42 Å². The molecule has 1 N–H and O–H groups in total. The van der Waals surface area contributed by atoms with Crippen LogP contribution in [0.1, 0.15) is 43.0 Å². The van der Waals surface area contributed by atoms with E-state index in [1.54, 1.807) is 0 Å².